The van der Waals surface area contributed by atoms with Gasteiger partial charge in [0, 0.05) is 18.8 Å². The van der Waals surface area contributed by atoms with Gasteiger partial charge < -0.3 is 15.0 Å². The van der Waals surface area contributed by atoms with Gasteiger partial charge in [0.05, 0.1) is 19.3 Å². The fourth-order valence-electron chi connectivity index (χ4n) is 5.45. The highest BCUT2D eigenvalue weighted by molar-refractivity contribution is 5.88. The number of nitrogens with one attached hydrogen (secondary N) is 2. The van der Waals surface area contributed by atoms with Crippen LogP contribution in [0.1, 0.15) is 64.7 Å². The average Bonchev–Trinajstić information content (AvgIpc) is 3.38. The molecule has 6 nitrogen and oxygen atoms in total. The zero-order valence-corrected chi connectivity index (χ0v) is 17.0. The first kappa shape index (κ1) is 19.2. The van der Waals surface area contributed by atoms with E-state index < -0.39 is 0 Å². The van der Waals surface area contributed by atoms with Gasteiger partial charge in [-0.25, -0.2) is 10.4 Å². The molecule has 152 valence electrons. The van der Waals surface area contributed by atoms with Crippen LogP contribution >= 0.6 is 0 Å². The van der Waals surface area contributed by atoms with Gasteiger partial charge >= 0.3 is 0 Å². The molecule has 1 unspecified atom stereocenters. The quantitative estimate of drug-likeness (QED) is 0.726. The molecule has 0 aromatic carbocycles. The van der Waals surface area contributed by atoms with Crippen molar-refractivity contribution in [2.24, 2.45) is 21.4 Å². The number of likely N-dealkylation sites (tertiary alicyclic amines) is 1. The van der Waals surface area contributed by atoms with Crippen molar-refractivity contribution in [3.63, 3.8) is 0 Å². The summed E-state index contributed by atoms with van der Waals surface area (Å²) in [6.45, 7) is 8.82. The van der Waals surface area contributed by atoms with Crippen LogP contribution < -0.4 is 10.7 Å². The van der Waals surface area contributed by atoms with Crippen molar-refractivity contribution in [3.05, 3.63) is 0 Å². The highest BCUT2D eigenvalue weighted by atomic mass is 16.5. The first-order valence-electron chi connectivity index (χ1n) is 11.2. The van der Waals surface area contributed by atoms with Crippen LogP contribution in [0.25, 0.3) is 0 Å². The monoisotopic (exact) mass is 375 g/mol. The molecule has 0 aromatic heterocycles. The van der Waals surface area contributed by atoms with Gasteiger partial charge in [-0.1, -0.05) is 6.92 Å². The first-order chi connectivity index (χ1) is 13.2. The maximum absolute atomic E-state index is 6.24. The predicted molar refractivity (Wildman–Crippen MR) is 110 cm³/mol. The second-order valence-electron chi connectivity index (χ2n) is 9.03. The van der Waals surface area contributed by atoms with Crippen molar-refractivity contribution < 1.29 is 4.74 Å². The highest BCUT2D eigenvalue weighted by Crippen LogP contribution is 2.50. The third-order valence-corrected chi connectivity index (χ3v) is 7.38. The van der Waals surface area contributed by atoms with E-state index in [0.29, 0.717) is 11.5 Å². The topological polar surface area (TPSA) is 61.3 Å². The summed E-state index contributed by atoms with van der Waals surface area (Å²) in [5.74, 6) is 1.55. The molecule has 0 radical (unpaired) electrons. The SMILES string of the molecule is CC1CC(=NNC2=NCCN2)CCC12CCC(OCCN1CCCC1)CC2. The van der Waals surface area contributed by atoms with Crippen LogP contribution in [0.3, 0.4) is 0 Å². The largest absolute Gasteiger partial charge is 0.377 e. The van der Waals surface area contributed by atoms with E-state index in [1.54, 1.807) is 0 Å². The number of hydrazone groups is 1. The Morgan fingerprint density at radius 1 is 1.26 bits per heavy atom. The van der Waals surface area contributed by atoms with Crippen molar-refractivity contribution in [1.29, 1.82) is 0 Å². The highest BCUT2D eigenvalue weighted by Gasteiger charge is 2.42. The zero-order chi connectivity index (χ0) is 18.5. The van der Waals surface area contributed by atoms with E-state index in [2.05, 4.69) is 32.7 Å². The maximum Gasteiger partial charge on any atom is 0.212 e. The first-order valence-corrected chi connectivity index (χ1v) is 11.2. The van der Waals surface area contributed by atoms with E-state index in [0.717, 1.165) is 51.0 Å². The van der Waals surface area contributed by atoms with Gasteiger partial charge in [-0.15, -0.1) is 0 Å². The van der Waals surface area contributed by atoms with Crippen LogP contribution in [0.5, 0.6) is 0 Å². The molecule has 1 spiro atoms. The molecular weight excluding hydrogens is 338 g/mol. The van der Waals surface area contributed by atoms with Gasteiger partial charge in [0.25, 0.3) is 0 Å². The van der Waals surface area contributed by atoms with Gasteiger partial charge in [-0.05, 0) is 82.2 Å². The molecule has 0 aromatic rings. The van der Waals surface area contributed by atoms with Crippen molar-refractivity contribution in [1.82, 2.24) is 15.6 Å². The molecular formula is C21H37N5O. The smallest absolute Gasteiger partial charge is 0.212 e. The fourth-order valence-corrected chi connectivity index (χ4v) is 5.45. The van der Waals surface area contributed by atoms with Crippen molar-refractivity contribution in [2.45, 2.75) is 70.8 Å². The van der Waals surface area contributed by atoms with Crippen LogP contribution in [0.2, 0.25) is 0 Å². The Hall–Kier alpha value is -1.14. The number of nitrogens with zero attached hydrogens (tertiary/aromatic N) is 3. The summed E-state index contributed by atoms with van der Waals surface area (Å²) in [6.07, 6.45) is 11.9. The number of hydrogen-bond acceptors (Lipinski definition) is 6. The van der Waals surface area contributed by atoms with Crippen LogP contribution in [-0.4, -0.2) is 62.0 Å². The van der Waals surface area contributed by atoms with E-state index in [9.17, 15) is 0 Å². The summed E-state index contributed by atoms with van der Waals surface area (Å²) in [5.41, 5.74) is 4.96. The predicted octanol–water partition coefficient (Wildman–Crippen LogP) is 2.75. The Morgan fingerprint density at radius 2 is 2.07 bits per heavy atom. The summed E-state index contributed by atoms with van der Waals surface area (Å²) in [4.78, 5) is 6.90. The van der Waals surface area contributed by atoms with Gasteiger partial charge in [-0.3, -0.25) is 0 Å². The zero-order valence-electron chi connectivity index (χ0n) is 17.0. The van der Waals surface area contributed by atoms with Crippen LogP contribution in [-0.2, 0) is 4.74 Å². The van der Waals surface area contributed by atoms with E-state index >= 15 is 0 Å². The van der Waals surface area contributed by atoms with Crippen molar-refractivity contribution in [2.75, 3.05) is 39.3 Å². The molecule has 1 saturated heterocycles. The lowest BCUT2D eigenvalue weighted by molar-refractivity contribution is -0.0284. The molecule has 2 aliphatic heterocycles. The van der Waals surface area contributed by atoms with Crippen LogP contribution in [0, 0.1) is 11.3 Å². The Balaban J connectivity index is 1.19. The van der Waals surface area contributed by atoms with Crippen molar-refractivity contribution in [3.8, 4) is 0 Å². The molecule has 4 aliphatic rings. The minimum absolute atomic E-state index is 0.494. The molecule has 2 heterocycles. The number of hydrogen-bond donors (Lipinski definition) is 2. The van der Waals surface area contributed by atoms with Crippen molar-refractivity contribution >= 4 is 11.7 Å². The molecule has 2 saturated carbocycles. The molecule has 2 aliphatic carbocycles. The molecule has 0 bridgehead atoms. The fraction of sp³-hybridized carbons (Fsp3) is 0.905. The maximum atomic E-state index is 6.24. The number of guanidine groups is 1. The Bertz CT molecular complexity index is 547. The lowest BCUT2D eigenvalue weighted by Crippen LogP contribution is -2.41. The van der Waals surface area contributed by atoms with E-state index in [1.165, 1.54) is 63.7 Å². The third-order valence-electron chi connectivity index (χ3n) is 7.38. The Kier molecular flexibility index (Phi) is 6.33. The van der Waals surface area contributed by atoms with Gasteiger partial charge in [0.1, 0.15) is 0 Å². The molecule has 2 N–H and O–H groups in total. The van der Waals surface area contributed by atoms with Gasteiger partial charge in [0.2, 0.25) is 5.96 Å². The average molecular weight is 376 g/mol. The standard InChI is InChI=1S/C21H37N5O/c1-17-16-18(24-25-20-22-10-11-23-20)4-7-21(17)8-5-19(6-9-21)27-15-14-26-12-2-3-13-26/h17,19H,2-16H2,1H3,(H2,22,23,25). The lowest BCUT2D eigenvalue weighted by atomic mass is 9.59. The summed E-state index contributed by atoms with van der Waals surface area (Å²) in [5, 5.41) is 7.85. The van der Waals surface area contributed by atoms with E-state index in [4.69, 9.17) is 4.74 Å². The number of ether oxygens (including phenoxy) is 1. The molecule has 0 amide bonds. The number of aliphatic imine (C=N–C) groups is 1. The summed E-state index contributed by atoms with van der Waals surface area (Å²) in [6, 6.07) is 0. The Morgan fingerprint density at radius 3 is 2.78 bits per heavy atom. The minimum Gasteiger partial charge on any atom is -0.377 e. The lowest BCUT2D eigenvalue weighted by Gasteiger charge is -2.47. The van der Waals surface area contributed by atoms with E-state index in [-0.39, 0.29) is 0 Å². The number of rotatable bonds is 5. The van der Waals surface area contributed by atoms with Gasteiger partial charge in [0.15, 0.2) is 0 Å². The molecule has 6 heteroatoms. The molecule has 4 rings (SSSR count). The Labute approximate surface area is 164 Å². The van der Waals surface area contributed by atoms with Crippen LogP contribution in [0.4, 0.5) is 0 Å². The summed E-state index contributed by atoms with van der Waals surface area (Å²) >= 11 is 0. The van der Waals surface area contributed by atoms with Gasteiger partial charge in [-0.2, -0.15) is 5.10 Å². The molecule has 1 atom stereocenters. The second-order valence-corrected chi connectivity index (χ2v) is 9.03. The van der Waals surface area contributed by atoms with Crippen LogP contribution in [0.15, 0.2) is 10.1 Å². The molecule has 27 heavy (non-hydrogen) atoms. The summed E-state index contributed by atoms with van der Waals surface area (Å²) < 4.78 is 6.24. The summed E-state index contributed by atoms with van der Waals surface area (Å²) in [7, 11) is 0. The van der Waals surface area contributed by atoms with E-state index in [1.807, 2.05) is 0 Å². The third kappa shape index (κ3) is 4.83. The minimum atomic E-state index is 0.494. The second kappa shape index (κ2) is 8.91. The normalized spacial score (nSPS) is 36.2. The molecule has 3 fully saturated rings.